The molecule has 1 heterocycles. The van der Waals surface area contributed by atoms with Crippen molar-refractivity contribution in [1.82, 2.24) is 4.57 Å². The highest BCUT2D eigenvalue weighted by Gasteiger charge is 2.12. The number of aliphatic hydroxyl groups is 1. The van der Waals surface area contributed by atoms with E-state index in [9.17, 15) is 9.90 Å². The largest absolute Gasteiger partial charge is 0.394 e. The predicted molar refractivity (Wildman–Crippen MR) is 62.4 cm³/mol. The zero-order chi connectivity index (χ0) is 11.4. The molecule has 2 rings (SSSR count). The molecule has 0 bridgehead atoms. The standard InChI is InChI=1S/C13H13NO2/c15-10-12(11-6-2-1-3-7-11)14-9-5-4-8-13(14)16/h1-9,12,15H,10H2. The fourth-order valence-electron chi connectivity index (χ4n) is 1.73. The van der Waals surface area contributed by atoms with Crippen molar-refractivity contribution >= 4 is 0 Å². The molecule has 0 aliphatic heterocycles. The maximum Gasteiger partial charge on any atom is 0.251 e. The monoisotopic (exact) mass is 215 g/mol. The molecule has 1 unspecified atom stereocenters. The van der Waals surface area contributed by atoms with Crippen LogP contribution in [0.4, 0.5) is 0 Å². The Balaban J connectivity index is 2.45. The molecule has 0 spiro atoms. The van der Waals surface area contributed by atoms with Gasteiger partial charge >= 0.3 is 0 Å². The molecule has 16 heavy (non-hydrogen) atoms. The van der Waals surface area contributed by atoms with E-state index in [0.29, 0.717) is 0 Å². The molecule has 1 N–H and O–H groups in total. The van der Waals surface area contributed by atoms with Crippen LogP contribution < -0.4 is 5.56 Å². The van der Waals surface area contributed by atoms with Crippen molar-refractivity contribution in [2.45, 2.75) is 6.04 Å². The number of nitrogens with zero attached hydrogens (tertiary/aromatic N) is 1. The zero-order valence-electron chi connectivity index (χ0n) is 8.78. The second kappa shape index (κ2) is 4.77. The lowest BCUT2D eigenvalue weighted by molar-refractivity contribution is 0.247. The van der Waals surface area contributed by atoms with E-state index >= 15 is 0 Å². The van der Waals surface area contributed by atoms with Gasteiger partial charge < -0.3 is 9.67 Å². The minimum Gasteiger partial charge on any atom is -0.394 e. The third-order valence-electron chi connectivity index (χ3n) is 2.54. The van der Waals surface area contributed by atoms with Gasteiger partial charge in [0.25, 0.3) is 5.56 Å². The Morgan fingerprint density at radius 3 is 2.38 bits per heavy atom. The number of benzene rings is 1. The fourth-order valence-corrected chi connectivity index (χ4v) is 1.73. The molecule has 3 nitrogen and oxygen atoms in total. The number of rotatable bonds is 3. The first-order chi connectivity index (χ1) is 7.83. The van der Waals surface area contributed by atoms with Crippen molar-refractivity contribution in [3.8, 4) is 0 Å². The molecule has 1 aromatic heterocycles. The van der Waals surface area contributed by atoms with Crippen LogP contribution >= 0.6 is 0 Å². The molecule has 0 saturated heterocycles. The Labute approximate surface area is 93.6 Å². The van der Waals surface area contributed by atoms with E-state index < -0.39 is 0 Å². The van der Waals surface area contributed by atoms with Gasteiger partial charge in [0, 0.05) is 12.3 Å². The van der Waals surface area contributed by atoms with Gasteiger partial charge in [-0.2, -0.15) is 0 Å². The van der Waals surface area contributed by atoms with Gasteiger partial charge in [0.2, 0.25) is 0 Å². The first-order valence-corrected chi connectivity index (χ1v) is 5.16. The summed E-state index contributed by atoms with van der Waals surface area (Å²) in [5.74, 6) is 0. The van der Waals surface area contributed by atoms with Crippen molar-refractivity contribution in [1.29, 1.82) is 0 Å². The minimum absolute atomic E-state index is 0.0894. The molecule has 1 aromatic carbocycles. The first-order valence-electron chi connectivity index (χ1n) is 5.16. The van der Waals surface area contributed by atoms with Gasteiger partial charge in [-0.15, -0.1) is 0 Å². The molecule has 0 fully saturated rings. The molecule has 82 valence electrons. The summed E-state index contributed by atoms with van der Waals surface area (Å²) >= 11 is 0. The SMILES string of the molecule is O=c1ccccn1C(CO)c1ccccc1. The Hall–Kier alpha value is -1.87. The van der Waals surface area contributed by atoms with Gasteiger partial charge in [-0.1, -0.05) is 36.4 Å². The third kappa shape index (κ3) is 2.04. The van der Waals surface area contributed by atoms with Crippen molar-refractivity contribution in [2.75, 3.05) is 6.61 Å². The Morgan fingerprint density at radius 2 is 1.75 bits per heavy atom. The van der Waals surface area contributed by atoms with Crippen molar-refractivity contribution in [2.24, 2.45) is 0 Å². The highest BCUT2D eigenvalue weighted by atomic mass is 16.3. The number of hydrogen-bond acceptors (Lipinski definition) is 2. The van der Waals surface area contributed by atoms with Crippen LogP contribution in [-0.2, 0) is 0 Å². The van der Waals surface area contributed by atoms with Crippen molar-refractivity contribution in [3.63, 3.8) is 0 Å². The van der Waals surface area contributed by atoms with Crippen LogP contribution in [0, 0.1) is 0 Å². The van der Waals surface area contributed by atoms with E-state index in [2.05, 4.69) is 0 Å². The molecular weight excluding hydrogens is 202 g/mol. The van der Waals surface area contributed by atoms with E-state index in [0.717, 1.165) is 5.56 Å². The van der Waals surface area contributed by atoms with Crippen LogP contribution in [0.25, 0.3) is 0 Å². The van der Waals surface area contributed by atoms with Crippen LogP contribution in [0.3, 0.4) is 0 Å². The summed E-state index contributed by atoms with van der Waals surface area (Å²) in [6.07, 6.45) is 1.69. The van der Waals surface area contributed by atoms with Gasteiger partial charge in [-0.25, -0.2) is 0 Å². The zero-order valence-corrected chi connectivity index (χ0v) is 8.78. The van der Waals surface area contributed by atoms with Crippen molar-refractivity contribution in [3.05, 3.63) is 70.6 Å². The summed E-state index contributed by atoms with van der Waals surface area (Å²) in [5.41, 5.74) is 0.823. The molecule has 0 amide bonds. The molecule has 2 aromatic rings. The molecule has 0 aliphatic rings. The predicted octanol–water partition coefficient (Wildman–Crippen LogP) is 1.43. The fraction of sp³-hybridized carbons (Fsp3) is 0.154. The smallest absolute Gasteiger partial charge is 0.251 e. The Morgan fingerprint density at radius 1 is 1.06 bits per heavy atom. The lowest BCUT2D eigenvalue weighted by Crippen LogP contribution is -2.26. The highest BCUT2D eigenvalue weighted by Crippen LogP contribution is 2.15. The van der Waals surface area contributed by atoms with E-state index in [-0.39, 0.29) is 18.2 Å². The van der Waals surface area contributed by atoms with Crippen molar-refractivity contribution < 1.29 is 5.11 Å². The third-order valence-corrected chi connectivity index (χ3v) is 2.54. The maximum absolute atomic E-state index is 11.6. The van der Waals surface area contributed by atoms with E-state index in [1.165, 1.54) is 10.6 Å². The highest BCUT2D eigenvalue weighted by molar-refractivity contribution is 5.20. The first kappa shape index (κ1) is 10.6. The van der Waals surface area contributed by atoms with Gasteiger partial charge in [0.05, 0.1) is 12.6 Å². The average Bonchev–Trinajstić information content (AvgIpc) is 2.34. The summed E-state index contributed by atoms with van der Waals surface area (Å²) in [4.78, 5) is 11.6. The summed E-state index contributed by atoms with van der Waals surface area (Å²) in [5, 5.41) is 9.40. The van der Waals surface area contributed by atoms with Crippen LogP contribution in [0.2, 0.25) is 0 Å². The molecule has 0 aliphatic carbocycles. The number of pyridine rings is 1. The molecule has 0 radical (unpaired) electrons. The Kier molecular flexibility index (Phi) is 3.17. The van der Waals surface area contributed by atoms with Gasteiger partial charge in [-0.3, -0.25) is 4.79 Å². The van der Waals surface area contributed by atoms with E-state index in [1.807, 2.05) is 30.3 Å². The molecular formula is C13H13NO2. The quantitative estimate of drug-likeness (QED) is 0.841. The Bertz CT molecular complexity index is 505. The maximum atomic E-state index is 11.6. The van der Waals surface area contributed by atoms with Crippen LogP contribution in [-0.4, -0.2) is 16.3 Å². The van der Waals surface area contributed by atoms with Crippen LogP contribution in [0.5, 0.6) is 0 Å². The molecule has 3 heteroatoms. The topological polar surface area (TPSA) is 42.2 Å². The molecule has 0 saturated carbocycles. The lowest BCUT2D eigenvalue weighted by Gasteiger charge is -2.17. The van der Waals surface area contributed by atoms with Crippen LogP contribution in [0.1, 0.15) is 11.6 Å². The number of hydrogen-bond donors (Lipinski definition) is 1. The van der Waals surface area contributed by atoms with Gasteiger partial charge in [-0.05, 0) is 11.6 Å². The van der Waals surface area contributed by atoms with Gasteiger partial charge in [0.1, 0.15) is 0 Å². The molecule has 1 atom stereocenters. The van der Waals surface area contributed by atoms with E-state index in [1.54, 1.807) is 18.3 Å². The second-order valence-electron chi connectivity index (χ2n) is 3.56. The van der Waals surface area contributed by atoms with Gasteiger partial charge in [0.15, 0.2) is 0 Å². The minimum atomic E-state index is -0.310. The van der Waals surface area contributed by atoms with Crippen LogP contribution in [0.15, 0.2) is 59.5 Å². The normalized spacial score (nSPS) is 12.3. The second-order valence-corrected chi connectivity index (χ2v) is 3.56. The summed E-state index contributed by atoms with van der Waals surface area (Å²) in [7, 11) is 0. The summed E-state index contributed by atoms with van der Waals surface area (Å²) in [6.45, 7) is -0.0894. The average molecular weight is 215 g/mol. The number of aromatic nitrogens is 1. The summed E-state index contributed by atoms with van der Waals surface area (Å²) in [6, 6.07) is 14.2. The lowest BCUT2D eigenvalue weighted by atomic mass is 10.1. The summed E-state index contributed by atoms with van der Waals surface area (Å²) < 4.78 is 1.54. The number of aliphatic hydroxyl groups excluding tert-OH is 1. The van der Waals surface area contributed by atoms with E-state index in [4.69, 9.17) is 0 Å².